The minimum atomic E-state index is -3.91. The van der Waals surface area contributed by atoms with Crippen molar-refractivity contribution in [2.24, 2.45) is 0 Å². The number of hydrogen-bond donors (Lipinski definition) is 2. The molecule has 0 saturated heterocycles. The van der Waals surface area contributed by atoms with Crippen molar-refractivity contribution in [1.29, 1.82) is 0 Å². The summed E-state index contributed by atoms with van der Waals surface area (Å²) in [5.74, 6) is 0. The van der Waals surface area contributed by atoms with Gasteiger partial charge in [0.05, 0.1) is 5.25 Å². The van der Waals surface area contributed by atoms with E-state index in [9.17, 15) is 13.0 Å². The van der Waals surface area contributed by atoms with Crippen molar-refractivity contribution in [3.05, 3.63) is 0 Å². The molecule has 0 bridgehead atoms. The lowest BCUT2D eigenvalue weighted by Gasteiger charge is -2.13. The van der Waals surface area contributed by atoms with E-state index in [1.54, 1.807) is 0 Å². The van der Waals surface area contributed by atoms with Crippen LogP contribution in [0, 0.1) is 0 Å². The highest BCUT2D eigenvalue weighted by molar-refractivity contribution is 7.86. The fraction of sp³-hybridized carbons (Fsp3) is 1.00. The van der Waals surface area contributed by atoms with Gasteiger partial charge in [0, 0.05) is 6.61 Å². The van der Waals surface area contributed by atoms with Crippen LogP contribution in [0.25, 0.3) is 0 Å². The molecule has 22 heavy (non-hydrogen) atoms. The van der Waals surface area contributed by atoms with Gasteiger partial charge in [0.15, 0.2) is 0 Å². The first kappa shape index (κ1) is 21.9. The van der Waals surface area contributed by atoms with Gasteiger partial charge in [-0.25, -0.2) is 0 Å². The first-order valence-electron chi connectivity index (χ1n) is 9.09. The molecule has 0 aliphatic carbocycles. The lowest BCUT2D eigenvalue weighted by Crippen LogP contribution is -2.20. The zero-order chi connectivity index (χ0) is 16.7. The van der Waals surface area contributed by atoms with Crippen molar-refractivity contribution in [3.63, 3.8) is 0 Å². The van der Waals surface area contributed by atoms with Crippen molar-refractivity contribution in [3.8, 4) is 0 Å². The molecule has 0 amide bonds. The summed E-state index contributed by atoms with van der Waals surface area (Å²) in [6.07, 6.45) is 14.0. The summed E-state index contributed by atoms with van der Waals surface area (Å²) < 4.78 is 32.1. The monoisotopic (exact) mass is 336 g/mol. The Morgan fingerprint density at radius 1 is 0.727 bits per heavy atom. The summed E-state index contributed by atoms with van der Waals surface area (Å²) in [5, 5.41) is 8.11. The molecule has 0 aliphatic heterocycles. The predicted octanol–water partition coefficient (Wildman–Crippen LogP) is 4.72. The van der Waals surface area contributed by atoms with Crippen LogP contribution in [0.15, 0.2) is 0 Å². The Kier molecular flexibility index (Phi) is 14.4. The van der Waals surface area contributed by atoms with Crippen LogP contribution >= 0.6 is 0 Å². The second-order valence-corrected chi connectivity index (χ2v) is 8.02. The molecule has 0 rings (SSSR count). The molecule has 134 valence electrons. The predicted molar refractivity (Wildman–Crippen MR) is 92.7 cm³/mol. The minimum absolute atomic E-state index is 0.194. The van der Waals surface area contributed by atoms with Crippen molar-refractivity contribution in [2.75, 3.05) is 6.61 Å². The van der Waals surface area contributed by atoms with Crippen molar-refractivity contribution < 1.29 is 18.1 Å². The Balaban J connectivity index is 3.73. The lowest BCUT2D eigenvalue weighted by atomic mass is 10.0. The standard InChI is InChI=1S/C17H36O4S/c1-2-3-4-5-6-7-8-11-14-17(22(19,20)21)15-12-9-10-13-16-18/h17-18H,2-16H2,1H3,(H,19,20,21). The maximum Gasteiger partial charge on any atom is 0.267 e. The highest BCUT2D eigenvalue weighted by Gasteiger charge is 2.21. The summed E-state index contributed by atoms with van der Waals surface area (Å²) in [6.45, 7) is 2.40. The Labute approximate surface area is 137 Å². The van der Waals surface area contributed by atoms with E-state index < -0.39 is 15.4 Å². The fourth-order valence-electron chi connectivity index (χ4n) is 2.79. The van der Waals surface area contributed by atoms with E-state index in [0.717, 1.165) is 38.5 Å². The highest BCUT2D eigenvalue weighted by Crippen LogP contribution is 2.18. The Morgan fingerprint density at radius 2 is 1.14 bits per heavy atom. The Hall–Kier alpha value is -0.130. The normalized spacial score (nSPS) is 13.4. The van der Waals surface area contributed by atoms with Crippen LogP contribution in [0.4, 0.5) is 0 Å². The van der Waals surface area contributed by atoms with E-state index in [1.165, 1.54) is 38.5 Å². The molecule has 0 heterocycles. The second-order valence-electron chi connectivity index (χ2n) is 6.33. The third-order valence-electron chi connectivity index (χ3n) is 4.24. The van der Waals surface area contributed by atoms with Gasteiger partial charge in [-0.05, 0) is 19.3 Å². The van der Waals surface area contributed by atoms with Gasteiger partial charge < -0.3 is 5.11 Å². The number of aliphatic hydroxyl groups excluding tert-OH is 1. The van der Waals surface area contributed by atoms with Gasteiger partial charge in [-0.1, -0.05) is 77.6 Å². The third kappa shape index (κ3) is 13.5. The molecule has 1 atom stereocenters. The second kappa shape index (κ2) is 14.5. The van der Waals surface area contributed by atoms with Crippen molar-refractivity contribution in [2.45, 2.75) is 102 Å². The van der Waals surface area contributed by atoms with Crippen molar-refractivity contribution >= 4 is 10.1 Å². The van der Waals surface area contributed by atoms with E-state index in [-0.39, 0.29) is 6.61 Å². The van der Waals surface area contributed by atoms with Crippen LogP contribution in [0.5, 0.6) is 0 Å². The fourth-order valence-corrected chi connectivity index (χ4v) is 3.71. The molecule has 0 aromatic carbocycles. The minimum Gasteiger partial charge on any atom is -0.396 e. The van der Waals surface area contributed by atoms with E-state index in [2.05, 4.69) is 6.92 Å². The number of aliphatic hydroxyl groups is 1. The van der Waals surface area contributed by atoms with Gasteiger partial charge in [-0.15, -0.1) is 0 Å². The number of rotatable bonds is 16. The summed E-state index contributed by atoms with van der Waals surface area (Å²) >= 11 is 0. The molecule has 0 aromatic rings. The third-order valence-corrected chi connectivity index (χ3v) is 5.55. The van der Waals surface area contributed by atoms with Crippen LogP contribution < -0.4 is 0 Å². The molecule has 0 spiro atoms. The summed E-state index contributed by atoms with van der Waals surface area (Å²) in [7, 11) is -3.91. The first-order chi connectivity index (χ1) is 10.5. The topological polar surface area (TPSA) is 74.6 Å². The molecule has 4 nitrogen and oxygen atoms in total. The molecule has 0 fully saturated rings. The first-order valence-corrected chi connectivity index (χ1v) is 10.6. The van der Waals surface area contributed by atoms with E-state index in [4.69, 9.17) is 5.11 Å². The molecule has 2 N–H and O–H groups in total. The molecule has 0 aliphatic rings. The molecule has 0 aromatic heterocycles. The number of unbranched alkanes of at least 4 members (excludes halogenated alkanes) is 10. The molecule has 5 heteroatoms. The SMILES string of the molecule is CCCCCCCCCCC(CCCCCCO)S(=O)(=O)O. The van der Waals surface area contributed by atoms with E-state index in [1.807, 2.05) is 0 Å². The van der Waals surface area contributed by atoms with Gasteiger partial charge in [0.1, 0.15) is 0 Å². The summed E-state index contributed by atoms with van der Waals surface area (Å²) in [5.41, 5.74) is 0. The lowest BCUT2D eigenvalue weighted by molar-refractivity contribution is 0.282. The Morgan fingerprint density at radius 3 is 1.55 bits per heavy atom. The van der Waals surface area contributed by atoms with Gasteiger partial charge in [-0.3, -0.25) is 4.55 Å². The highest BCUT2D eigenvalue weighted by atomic mass is 32.2. The maximum absolute atomic E-state index is 11.4. The van der Waals surface area contributed by atoms with Crippen LogP contribution in [-0.2, 0) is 10.1 Å². The van der Waals surface area contributed by atoms with Gasteiger partial charge in [-0.2, -0.15) is 8.42 Å². The quantitative estimate of drug-likeness (QED) is 0.316. The maximum atomic E-state index is 11.4. The zero-order valence-electron chi connectivity index (χ0n) is 14.3. The number of hydrogen-bond acceptors (Lipinski definition) is 3. The van der Waals surface area contributed by atoms with Crippen LogP contribution in [0.2, 0.25) is 0 Å². The van der Waals surface area contributed by atoms with Gasteiger partial charge in [0.2, 0.25) is 0 Å². The zero-order valence-corrected chi connectivity index (χ0v) is 15.1. The summed E-state index contributed by atoms with van der Waals surface area (Å²) in [4.78, 5) is 0. The van der Waals surface area contributed by atoms with E-state index in [0.29, 0.717) is 12.8 Å². The van der Waals surface area contributed by atoms with Crippen LogP contribution in [-0.4, -0.2) is 29.9 Å². The molecule has 0 radical (unpaired) electrons. The smallest absolute Gasteiger partial charge is 0.267 e. The van der Waals surface area contributed by atoms with Crippen molar-refractivity contribution in [1.82, 2.24) is 0 Å². The van der Waals surface area contributed by atoms with Crippen LogP contribution in [0.3, 0.4) is 0 Å². The molecule has 0 saturated carbocycles. The van der Waals surface area contributed by atoms with Gasteiger partial charge in [0.25, 0.3) is 10.1 Å². The molecular formula is C17H36O4S. The Bertz CT molecular complexity index is 328. The van der Waals surface area contributed by atoms with E-state index >= 15 is 0 Å². The summed E-state index contributed by atoms with van der Waals surface area (Å²) in [6, 6.07) is 0. The largest absolute Gasteiger partial charge is 0.396 e. The average Bonchev–Trinajstić information content (AvgIpc) is 2.46. The average molecular weight is 337 g/mol. The molecular weight excluding hydrogens is 300 g/mol. The van der Waals surface area contributed by atoms with Crippen LogP contribution in [0.1, 0.15) is 96.8 Å². The molecule has 1 unspecified atom stereocenters. The van der Waals surface area contributed by atoms with Gasteiger partial charge >= 0.3 is 0 Å².